The fourth-order valence-electron chi connectivity index (χ4n) is 0.718. The molecule has 0 aliphatic heterocycles. The third-order valence-corrected chi connectivity index (χ3v) is 1.38. The first-order valence-corrected chi connectivity index (χ1v) is 4.42. The third kappa shape index (κ3) is 7.31. The van der Waals surface area contributed by atoms with Gasteiger partial charge in [-0.2, -0.15) is 0 Å². The molecule has 0 saturated heterocycles. The summed E-state index contributed by atoms with van der Waals surface area (Å²) in [7, 11) is 1.31. The molecule has 3 heteroatoms. The first kappa shape index (κ1) is 13.2. The van der Waals surface area contributed by atoms with Gasteiger partial charge in [0.05, 0.1) is 13.7 Å². The molecule has 0 atom stereocenters. The standard InChI is InChI=1S/C8H9O.C4H6O2/c1-2-9-8-6-4-3-5-7-8;1-3-4(5)6-2/h3-7H,1-2H2;3H,1H2,2H3. The normalized spacial score (nSPS) is 8.13. The minimum absolute atomic E-state index is 0.394. The van der Waals surface area contributed by atoms with Crippen molar-refractivity contribution in [1.29, 1.82) is 0 Å². The zero-order chi connectivity index (χ0) is 11.5. The van der Waals surface area contributed by atoms with Crippen molar-refractivity contribution in [1.82, 2.24) is 0 Å². The first-order chi connectivity index (χ1) is 7.24. The number of hydrogen-bond acceptors (Lipinski definition) is 3. The monoisotopic (exact) mass is 207 g/mol. The van der Waals surface area contributed by atoms with Gasteiger partial charge in [-0.1, -0.05) is 24.8 Å². The molecule has 0 aliphatic carbocycles. The summed E-state index contributed by atoms with van der Waals surface area (Å²) in [4.78, 5) is 9.84. The molecular weight excluding hydrogens is 192 g/mol. The van der Waals surface area contributed by atoms with Crippen LogP contribution in [0.4, 0.5) is 0 Å². The quantitative estimate of drug-likeness (QED) is 0.563. The first-order valence-electron chi connectivity index (χ1n) is 4.42. The Morgan fingerprint density at radius 2 is 2.00 bits per heavy atom. The number of carbonyl (C=O) groups excluding carboxylic acids is 1. The van der Waals surface area contributed by atoms with Crippen LogP contribution < -0.4 is 4.74 Å². The summed E-state index contributed by atoms with van der Waals surface area (Å²) in [5, 5.41) is 0. The molecule has 15 heavy (non-hydrogen) atoms. The highest BCUT2D eigenvalue weighted by atomic mass is 16.5. The molecule has 0 spiro atoms. The Morgan fingerprint density at radius 1 is 1.40 bits per heavy atom. The molecule has 1 radical (unpaired) electrons. The van der Waals surface area contributed by atoms with Crippen LogP contribution in [0.25, 0.3) is 0 Å². The number of methoxy groups -OCH3 is 1. The largest absolute Gasteiger partial charge is 0.494 e. The van der Waals surface area contributed by atoms with E-state index in [1.165, 1.54) is 7.11 Å². The van der Waals surface area contributed by atoms with Crippen molar-refractivity contribution in [3.63, 3.8) is 0 Å². The van der Waals surface area contributed by atoms with Crippen LogP contribution in [0.15, 0.2) is 43.0 Å². The lowest BCUT2D eigenvalue weighted by Crippen LogP contribution is -1.91. The van der Waals surface area contributed by atoms with E-state index in [0.29, 0.717) is 6.61 Å². The van der Waals surface area contributed by atoms with E-state index in [-0.39, 0.29) is 0 Å². The van der Waals surface area contributed by atoms with Gasteiger partial charge in [-0.3, -0.25) is 0 Å². The number of esters is 1. The van der Waals surface area contributed by atoms with Crippen molar-refractivity contribution in [3.05, 3.63) is 49.9 Å². The van der Waals surface area contributed by atoms with E-state index in [2.05, 4.69) is 18.2 Å². The van der Waals surface area contributed by atoms with Gasteiger partial charge in [0.15, 0.2) is 0 Å². The molecule has 0 N–H and O–H groups in total. The van der Waals surface area contributed by atoms with Crippen LogP contribution in [0, 0.1) is 6.92 Å². The number of benzene rings is 1. The molecule has 0 saturated carbocycles. The molecule has 1 aromatic rings. The number of para-hydroxylation sites is 1. The highest BCUT2D eigenvalue weighted by Crippen LogP contribution is 2.06. The smallest absolute Gasteiger partial charge is 0.329 e. The summed E-state index contributed by atoms with van der Waals surface area (Å²) >= 11 is 0. The highest BCUT2D eigenvalue weighted by molar-refractivity contribution is 5.80. The molecule has 0 bridgehead atoms. The second-order valence-electron chi connectivity index (χ2n) is 2.39. The Balaban J connectivity index is 0.000000288. The predicted octanol–water partition coefficient (Wildman–Crippen LogP) is 2.24. The molecule has 3 nitrogen and oxygen atoms in total. The summed E-state index contributed by atoms with van der Waals surface area (Å²) in [5.41, 5.74) is 0. The summed E-state index contributed by atoms with van der Waals surface area (Å²) < 4.78 is 9.24. The molecule has 0 heterocycles. The number of ether oxygens (including phenoxy) is 2. The third-order valence-electron chi connectivity index (χ3n) is 1.38. The van der Waals surface area contributed by atoms with E-state index < -0.39 is 5.97 Å². The molecule has 0 amide bonds. The zero-order valence-corrected chi connectivity index (χ0v) is 8.81. The van der Waals surface area contributed by atoms with Gasteiger partial charge in [-0.25, -0.2) is 4.79 Å². The average molecular weight is 207 g/mol. The lowest BCUT2D eigenvalue weighted by atomic mass is 10.3. The molecule has 1 rings (SSSR count). The van der Waals surface area contributed by atoms with Crippen LogP contribution in [0.3, 0.4) is 0 Å². The number of rotatable bonds is 3. The van der Waals surface area contributed by atoms with Crippen molar-refractivity contribution in [2.24, 2.45) is 0 Å². The SMILES string of the molecule is C=CC(=O)OC.[CH2]COc1ccccc1. The summed E-state index contributed by atoms with van der Waals surface area (Å²) in [5.74, 6) is 0.488. The van der Waals surface area contributed by atoms with Crippen LogP contribution in [-0.2, 0) is 9.53 Å². The van der Waals surface area contributed by atoms with E-state index in [1.807, 2.05) is 30.3 Å². The Morgan fingerprint density at radius 3 is 2.33 bits per heavy atom. The zero-order valence-electron chi connectivity index (χ0n) is 8.81. The van der Waals surface area contributed by atoms with Crippen LogP contribution in [0.2, 0.25) is 0 Å². The number of carbonyl (C=O) groups is 1. The van der Waals surface area contributed by atoms with Gasteiger partial charge in [-0.15, -0.1) is 0 Å². The predicted molar refractivity (Wildman–Crippen MR) is 59.5 cm³/mol. The van der Waals surface area contributed by atoms with Crippen molar-refractivity contribution in [2.45, 2.75) is 0 Å². The van der Waals surface area contributed by atoms with Crippen molar-refractivity contribution >= 4 is 5.97 Å². The van der Waals surface area contributed by atoms with Gasteiger partial charge in [0.25, 0.3) is 0 Å². The topological polar surface area (TPSA) is 35.5 Å². The maximum Gasteiger partial charge on any atom is 0.329 e. The Hall–Kier alpha value is -1.77. The van der Waals surface area contributed by atoms with Crippen LogP contribution >= 0.6 is 0 Å². The lowest BCUT2D eigenvalue weighted by molar-refractivity contribution is -0.134. The second kappa shape index (κ2) is 8.81. The second-order valence-corrected chi connectivity index (χ2v) is 2.39. The van der Waals surface area contributed by atoms with E-state index >= 15 is 0 Å². The summed E-state index contributed by atoms with van der Waals surface area (Å²) in [6.45, 7) is 7.21. The number of hydrogen-bond donors (Lipinski definition) is 0. The Kier molecular flexibility index (Phi) is 7.77. The lowest BCUT2D eigenvalue weighted by Gasteiger charge is -1.99. The van der Waals surface area contributed by atoms with E-state index in [4.69, 9.17) is 4.74 Å². The summed E-state index contributed by atoms with van der Waals surface area (Å²) in [6, 6.07) is 9.64. The molecule has 0 aliphatic rings. The Labute approximate surface area is 90.3 Å². The van der Waals surface area contributed by atoms with Gasteiger partial charge in [0.1, 0.15) is 5.75 Å². The highest BCUT2D eigenvalue weighted by Gasteiger charge is 1.84. The average Bonchev–Trinajstić information content (AvgIpc) is 2.31. The fraction of sp³-hybridized carbons (Fsp3) is 0.167. The van der Waals surface area contributed by atoms with Crippen LogP contribution in [-0.4, -0.2) is 19.7 Å². The van der Waals surface area contributed by atoms with Crippen molar-refractivity contribution in [3.8, 4) is 5.75 Å². The molecule has 81 valence electrons. The van der Waals surface area contributed by atoms with Gasteiger partial charge in [0.2, 0.25) is 0 Å². The van der Waals surface area contributed by atoms with Gasteiger partial charge >= 0.3 is 5.97 Å². The molecule has 0 aromatic heterocycles. The van der Waals surface area contributed by atoms with E-state index in [0.717, 1.165) is 11.8 Å². The van der Waals surface area contributed by atoms with Crippen LogP contribution in [0.1, 0.15) is 0 Å². The van der Waals surface area contributed by atoms with Crippen molar-refractivity contribution < 1.29 is 14.3 Å². The molecular formula is C12H15O3. The minimum Gasteiger partial charge on any atom is -0.494 e. The van der Waals surface area contributed by atoms with E-state index in [1.54, 1.807) is 0 Å². The van der Waals surface area contributed by atoms with E-state index in [9.17, 15) is 4.79 Å². The maximum atomic E-state index is 9.84. The van der Waals surface area contributed by atoms with Crippen molar-refractivity contribution in [2.75, 3.05) is 13.7 Å². The van der Waals surface area contributed by atoms with Gasteiger partial charge in [-0.05, 0) is 19.1 Å². The Bertz CT molecular complexity index is 280. The maximum absolute atomic E-state index is 9.84. The van der Waals surface area contributed by atoms with Gasteiger partial charge in [0, 0.05) is 6.08 Å². The molecule has 0 fully saturated rings. The molecule has 1 aromatic carbocycles. The molecule has 0 unspecified atom stereocenters. The fourth-order valence-corrected chi connectivity index (χ4v) is 0.718. The summed E-state index contributed by atoms with van der Waals surface area (Å²) in [6.07, 6.45) is 1.11. The van der Waals surface area contributed by atoms with Gasteiger partial charge < -0.3 is 9.47 Å². The van der Waals surface area contributed by atoms with Crippen LogP contribution in [0.5, 0.6) is 5.75 Å². The minimum atomic E-state index is -0.394.